The SMILES string of the molecule is CC(C)(C)OC(=O)N1CC2CNCC(C1)C2(C)F. The molecule has 0 aromatic heterocycles. The Labute approximate surface area is 108 Å². The number of nitrogens with zero attached hydrogens (tertiary/aromatic N) is 1. The van der Waals surface area contributed by atoms with E-state index in [-0.39, 0.29) is 17.9 Å². The van der Waals surface area contributed by atoms with Gasteiger partial charge in [-0.2, -0.15) is 0 Å². The number of carbonyl (C=O) groups is 1. The lowest BCUT2D eigenvalue weighted by molar-refractivity contribution is -0.0659. The fourth-order valence-corrected chi connectivity index (χ4v) is 2.73. The zero-order valence-electron chi connectivity index (χ0n) is 11.6. The Morgan fingerprint density at radius 3 is 2.28 bits per heavy atom. The Balaban J connectivity index is 2.04. The van der Waals surface area contributed by atoms with E-state index in [1.54, 1.807) is 11.8 Å². The van der Waals surface area contributed by atoms with Crippen molar-refractivity contribution in [3.05, 3.63) is 0 Å². The van der Waals surface area contributed by atoms with Crippen LogP contribution >= 0.6 is 0 Å². The zero-order chi connectivity index (χ0) is 13.6. The molecule has 1 amide bonds. The van der Waals surface area contributed by atoms with E-state index in [0.717, 1.165) is 0 Å². The number of ether oxygens (including phenoxy) is 1. The smallest absolute Gasteiger partial charge is 0.410 e. The van der Waals surface area contributed by atoms with Gasteiger partial charge in [-0.25, -0.2) is 9.18 Å². The minimum absolute atomic E-state index is 0.141. The summed E-state index contributed by atoms with van der Waals surface area (Å²) in [5.74, 6) is -0.282. The predicted octanol–water partition coefficient (Wildman–Crippen LogP) is 1.80. The summed E-state index contributed by atoms with van der Waals surface area (Å²) in [6, 6.07) is 0. The van der Waals surface area contributed by atoms with Crippen LogP contribution in [0.2, 0.25) is 0 Å². The Morgan fingerprint density at radius 2 is 1.83 bits per heavy atom. The van der Waals surface area contributed by atoms with Gasteiger partial charge in [0.25, 0.3) is 0 Å². The Bertz CT molecular complexity index is 322. The first kappa shape index (κ1) is 13.6. The van der Waals surface area contributed by atoms with E-state index in [2.05, 4.69) is 5.32 Å². The highest BCUT2D eigenvalue weighted by Crippen LogP contribution is 2.38. The molecular weight excluding hydrogens is 235 g/mol. The third-order valence-electron chi connectivity index (χ3n) is 3.91. The number of hydrogen-bond donors (Lipinski definition) is 1. The molecular formula is C13H23FN2O2. The highest BCUT2D eigenvalue weighted by Gasteiger charge is 2.50. The van der Waals surface area contributed by atoms with E-state index in [4.69, 9.17) is 4.74 Å². The van der Waals surface area contributed by atoms with Gasteiger partial charge in [0, 0.05) is 38.0 Å². The third kappa shape index (κ3) is 2.60. The van der Waals surface area contributed by atoms with Crippen LogP contribution in [0, 0.1) is 11.8 Å². The molecule has 2 aliphatic rings. The summed E-state index contributed by atoms with van der Waals surface area (Å²) in [6.45, 7) is 9.32. The van der Waals surface area contributed by atoms with Gasteiger partial charge in [-0.3, -0.25) is 0 Å². The van der Waals surface area contributed by atoms with E-state index < -0.39 is 11.3 Å². The number of alkyl halides is 1. The van der Waals surface area contributed by atoms with Crippen LogP contribution in [0.1, 0.15) is 27.7 Å². The van der Waals surface area contributed by atoms with Gasteiger partial charge in [0.2, 0.25) is 0 Å². The third-order valence-corrected chi connectivity index (χ3v) is 3.91. The fraction of sp³-hybridized carbons (Fsp3) is 0.923. The van der Waals surface area contributed by atoms with Crippen molar-refractivity contribution in [2.24, 2.45) is 11.8 Å². The van der Waals surface area contributed by atoms with E-state index >= 15 is 0 Å². The number of rotatable bonds is 0. The maximum absolute atomic E-state index is 14.5. The lowest BCUT2D eigenvalue weighted by Gasteiger charge is -2.49. The minimum Gasteiger partial charge on any atom is -0.444 e. The van der Waals surface area contributed by atoms with Crippen LogP contribution in [0.4, 0.5) is 9.18 Å². The summed E-state index contributed by atoms with van der Waals surface area (Å²) in [7, 11) is 0. The van der Waals surface area contributed by atoms with E-state index in [0.29, 0.717) is 26.2 Å². The maximum Gasteiger partial charge on any atom is 0.410 e. The molecule has 2 heterocycles. The first-order valence-electron chi connectivity index (χ1n) is 6.57. The molecule has 104 valence electrons. The summed E-state index contributed by atoms with van der Waals surface area (Å²) >= 11 is 0. The van der Waals surface area contributed by atoms with Crippen molar-refractivity contribution in [1.29, 1.82) is 0 Å². The standard InChI is InChI=1S/C13H23FN2O2/c1-12(2,3)18-11(17)16-7-9-5-15-6-10(8-16)13(9,4)14/h9-10,15H,5-8H2,1-4H3. The van der Waals surface area contributed by atoms with Crippen molar-refractivity contribution in [3.8, 4) is 0 Å². The van der Waals surface area contributed by atoms with Crippen molar-refractivity contribution in [2.75, 3.05) is 26.2 Å². The number of halogens is 1. The van der Waals surface area contributed by atoms with Crippen molar-refractivity contribution in [2.45, 2.75) is 39.0 Å². The summed E-state index contributed by atoms with van der Waals surface area (Å²) in [6.07, 6.45) is -0.324. The number of piperidine rings is 2. The molecule has 2 bridgehead atoms. The zero-order valence-corrected chi connectivity index (χ0v) is 11.6. The van der Waals surface area contributed by atoms with Crippen molar-refractivity contribution < 1.29 is 13.9 Å². The highest BCUT2D eigenvalue weighted by molar-refractivity contribution is 5.68. The van der Waals surface area contributed by atoms with Gasteiger partial charge in [0.05, 0.1) is 0 Å². The van der Waals surface area contributed by atoms with E-state index in [1.807, 2.05) is 20.8 Å². The van der Waals surface area contributed by atoms with E-state index in [9.17, 15) is 9.18 Å². The van der Waals surface area contributed by atoms with Crippen LogP contribution in [0.3, 0.4) is 0 Å². The highest BCUT2D eigenvalue weighted by atomic mass is 19.1. The molecule has 0 aliphatic carbocycles. The first-order chi connectivity index (χ1) is 8.20. The second kappa shape index (κ2) is 4.37. The number of fused-ring (bicyclic) bond motifs is 2. The molecule has 2 aliphatic heterocycles. The molecule has 2 atom stereocenters. The molecule has 2 rings (SSSR count). The van der Waals surface area contributed by atoms with Gasteiger partial charge in [-0.05, 0) is 27.7 Å². The van der Waals surface area contributed by atoms with Crippen LogP contribution in [-0.2, 0) is 4.74 Å². The summed E-state index contributed by atoms with van der Waals surface area (Å²) in [4.78, 5) is 13.7. The average molecular weight is 258 g/mol. The number of carbonyl (C=O) groups excluding carboxylic acids is 1. The van der Waals surface area contributed by atoms with Gasteiger partial charge in [0.15, 0.2) is 0 Å². The van der Waals surface area contributed by atoms with Crippen molar-refractivity contribution in [1.82, 2.24) is 10.2 Å². The Hall–Kier alpha value is -0.840. The second-order valence-corrected chi connectivity index (χ2v) is 6.59. The maximum atomic E-state index is 14.5. The monoisotopic (exact) mass is 258 g/mol. The number of hydrogen-bond acceptors (Lipinski definition) is 3. The van der Waals surface area contributed by atoms with Crippen molar-refractivity contribution >= 4 is 6.09 Å². The fourth-order valence-electron chi connectivity index (χ4n) is 2.73. The minimum atomic E-state index is -1.18. The molecule has 0 saturated carbocycles. The first-order valence-corrected chi connectivity index (χ1v) is 6.57. The molecule has 0 radical (unpaired) electrons. The summed E-state index contributed by atoms with van der Waals surface area (Å²) in [5.41, 5.74) is -1.68. The topological polar surface area (TPSA) is 41.6 Å². The van der Waals surface area contributed by atoms with Crippen LogP contribution in [-0.4, -0.2) is 48.4 Å². The quantitative estimate of drug-likeness (QED) is 0.720. The van der Waals surface area contributed by atoms with Gasteiger partial charge in [-0.1, -0.05) is 0 Å². The summed E-state index contributed by atoms with van der Waals surface area (Å²) < 4.78 is 19.9. The normalized spacial score (nSPS) is 36.4. The number of amides is 1. The molecule has 0 spiro atoms. The largest absolute Gasteiger partial charge is 0.444 e. The second-order valence-electron chi connectivity index (χ2n) is 6.59. The van der Waals surface area contributed by atoms with Crippen molar-refractivity contribution in [3.63, 3.8) is 0 Å². The lowest BCUT2D eigenvalue weighted by atomic mass is 9.73. The van der Waals surface area contributed by atoms with Crippen LogP contribution in [0.25, 0.3) is 0 Å². The Kier molecular flexibility index (Phi) is 3.30. The van der Waals surface area contributed by atoms with E-state index in [1.165, 1.54) is 0 Å². The molecule has 4 nitrogen and oxygen atoms in total. The van der Waals surface area contributed by atoms with Crippen LogP contribution < -0.4 is 5.32 Å². The molecule has 1 N–H and O–H groups in total. The van der Waals surface area contributed by atoms with Gasteiger partial charge in [0.1, 0.15) is 11.3 Å². The number of likely N-dealkylation sites (tertiary alicyclic amines) is 1. The average Bonchev–Trinajstić information content (AvgIpc) is 2.11. The summed E-state index contributed by atoms with van der Waals surface area (Å²) in [5, 5.41) is 3.23. The molecule has 2 saturated heterocycles. The molecule has 2 fully saturated rings. The molecule has 0 aromatic carbocycles. The molecule has 5 heteroatoms. The Morgan fingerprint density at radius 1 is 1.33 bits per heavy atom. The molecule has 0 aromatic rings. The van der Waals surface area contributed by atoms with Gasteiger partial charge >= 0.3 is 6.09 Å². The van der Waals surface area contributed by atoms with Gasteiger partial charge in [-0.15, -0.1) is 0 Å². The lowest BCUT2D eigenvalue weighted by Crippen LogP contribution is -2.64. The molecule has 2 unspecified atom stereocenters. The van der Waals surface area contributed by atoms with Crippen LogP contribution in [0.15, 0.2) is 0 Å². The number of nitrogens with one attached hydrogen (secondary N) is 1. The molecule has 18 heavy (non-hydrogen) atoms. The van der Waals surface area contributed by atoms with Gasteiger partial charge < -0.3 is 15.0 Å². The van der Waals surface area contributed by atoms with Crippen LogP contribution in [0.5, 0.6) is 0 Å². The predicted molar refractivity (Wildman–Crippen MR) is 67.2 cm³/mol.